The molecule has 20 heteroatoms. The van der Waals surface area contributed by atoms with E-state index in [1.165, 1.54) is 12.3 Å². The number of amides is 2. The standard InChI is InChI=1S/C60H63F2N11O7/c1-6-43-47(61)18-17-39-22-42(75)24-45(52(39)43)53-56(54-46(26-65-53)57(72-28-40-23-41(72)25-64-40)68-60(67-54)80-31-34(4)78-5)79-32-35-9-11-37(12-10-35)49-29-73(70-69-49)55(33(2)3)59(77)71-21-7-8-51(71)58(76)66-50(30-74)38-15-13-36(14-16-38)44-19-20-63-27-48(44)62/h9-20,22,24,26-27,29,33-34,40-41,50-51,55,64,74-75H,6-8,21,23,25,28,30-32H2,1-5H3,(H,66,76)/t34-,40?,41?,50?,51?,55?/m0/s1. The van der Waals surface area contributed by atoms with Gasteiger partial charge in [-0.15, -0.1) is 5.10 Å². The van der Waals surface area contributed by atoms with Crippen molar-refractivity contribution in [1.29, 1.82) is 0 Å². The summed E-state index contributed by atoms with van der Waals surface area (Å²) in [4.78, 5) is 51.1. The summed E-state index contributed by atoms with van der Waals surface area (Å²) in [6, 6.07) is 20.7. The molecular weight excluding hydrogens is 1020 g/mol. The van der Waals surface area contributed by atoms with Crippen LogP contribution >= 0.6 is 0 Å². The normalized spacial score (nSPS) is 18.1. The molecular formula is C60H63F2N11O7. The number of aromatic nitrogens is 7. The Morgan fingerprint density at radius 3 is 2.45 bits per heavy atom. The zero-order valence-corrected chi connectivity index (χ0v) is 45.1. The summed E-state index contributed by atoms with van der Waals surface area (Å²) >= 11 is 0. The first kappa shape index (κ1) is 53.8. The lowest BCUT2D eigenvalue weighted by Crippen LogP contribution is -2.50. The number of pyridine rings is 2. The number of hydrogen-bond acceptors (Lipinski definition) is 15. The summed E-state index contributed by atoms with van der Waals surface area (Å²) in [5.41, 5.74) is 5.41. The van der Waals surface area contributed by atoms with Gasteiger partial charge in [0.1, 0.15) is 65.4 Å². The van der Waals surface area contributed by atoms with Crippen LogP contribution in [0.1, 0.15) is 75.7 Å². The average Bonchev–Trinajstić information content (AvgIpc) is 4.40. The average molecular weight is 1090 g/mol. The molecule has 3 fully saturated rings. The number of hydrogen-bond donors (Lipinski definition) is 4. The number of likely N-dealkylation sites (tertiary alicyclic amines) is 1. The number of ether oxygens (including phenoxy) is 3. The predicted molar refractivity (Wildman–Crippen MR) is 297 cm³/mol. The van der Waals surface area contributed by atoms with Crippen molar-refractivity contribution in [2.75, 3.05) is 44.9 Å². The number of anilines is 1. The van der Waals surface area contributed by atoms with E-state index >= 15 is 4.39 Å². The summed E-state index contributed by atoms with van der Waals surface area (Å²) in [6.07, 6.45) is 8.27. The van der Waals surface area contributed by atoms with E-state index in [1.54, 1.807) is 77.6 Å². The maximum Gasteiger partial charge on any atom is 0.319 e. The number of aryl methyl sites for hydroxylation is 1. The molecule has 2 bridgehead atoms. The van der Waals surface area contributed by atoms with Crippen molar-refractivity contribution >= 4 is 39.3 Å². The van der Waals surface area contributed by atoms with Crippen molar-refractivity contribution in [2.24, 2.45) is 5.92 Å². The van der Waals surface area contributed by atoms with E-state index in [4.69, 9.17) is 29.2 Å². The van der Waals surface area contributed by atoms with Crippen LogP contribution in [0.5, 0.6) is 17.5 Å². The van der Waals surface area contributed by atoms with E-state index < -0.39 is 23.9 Å². The van der Waals surface area contributed by atoms with Gasteiger partial charge >= 0.3 is 6.01 Å². The third kappa shape index (κ3) is 10.6. The lowest BCUT2D eigenvalue weighted by molar-refractivity contribution is -0.142. The molecule has 3 aliphatic heterocycles. The molecule has 4 N–H and O–H groups in total. The van der Waals surface area contributed by atoms with Crippen LogP contribution in [0.2, 0.25) is 0 Å². The Kier molecular flexibility index (Phi) is 15.4. The maximum atomic E-state index is 15.7. The number of phenolic OH excluding ortho intramolecular Hbond substituents is 1. The second-order valence-corrected chi connectivity index (χ2v) is 21.2. The summed E-state index contributed by atoms with van der Waals surface area (Å²) in [5, 5.41) is 38.9. The maximum absolute atomic E-state index is 15.7. The van der Waals surface area contributed by atoms with Crippen LogP contribution in [0.3, 0.4) is 0 Å². The Morgan fingerprint density at radius 1 is 0.938 bits per heavy atom. The summed E-state index contributed by atoms with van der Waals surface area (Å²) in [6.45, 7) is 9.38. The monoisotopic (exact) mass is 1090 g/mol. The highest BCUT2D eigenvalue weighted by atomic mass is 19.1. The number of fused-ring (bicyclic) bond motifs is 4. The number of aromatic hydroxyl groups is 1. The van der Waals surface area contributed by atoms with E-state index in [1.807, 2.05) is 52.0 Å². The first-order chi connectivity index (χ1) is 38.8. The molecule has 2 amide bonds. The summed E-state index contributed by atoms with van der Waals surface area (Å²) in [5.74, 6) is -0.784. The van der Waals surface area contributed by atoms with Gasteiger partial charge in [0.2, 0.25) is 11.8 Å². The summed E-state index contributed by atoms with van der Waals surface area (Å²) in [7, 11) is 1.61. The minimum absolute atomic E-state index is 0.0232. The lowest BCUT2D eigenvalue weighted by atomic mass is 9.94. The molecule has 4 aromatic heterocycles. The lowest BCUT2D eigenvalue weighted by Gasteiger charge is -2.30. The second kappa shape index (κ2) is 22.9. The van der Waals surface area contributed by atoms with Crippen molar-refractivity contribution in [3.05, 3.63) is 132 Å². The largest absolute Gasteiger partial charge is 0.508 e. The number of methoxy groups -OCH3 is 1. The number of carbonyl (C=O) groups excluding carboxylic acids is 2. The minimum atomic E-state index is -0.778. The van der Waals surface area contributed by atoms with Crippen molar-refractivity contribution < 1.29 is 42.8 Å². The van der Waals surface area contributed by atoms with Crippen LogP contribution in [0.15, 0.2) is 104 Å². The van der Waals surface area contributed by atoms with Gasteiger partial charge in [-0.1, -0.05) is 80.6 Å². The molecule has 80 heavy (non-hydrogen) atoms. The highest BCUT2D eigenvalue weighted by Crippen LogP contribution is 2.45. The number of aliphatic hydroxyl groups is 1. The van der Waals surface area contributed by atoms with Gasteiger partial charge < -0.3 is 44.9 Å². The Balaban J connectivity index is 0.854. The van der Waals surface area contributed by atoms with E-state index in [0.717, 1.165) is 36.8 Å². The molecule has 18 nitrogen and oxygen atoms in total. The number of benzene rings is 4. The minimum Gasteiger partial charge on any atom is -0.508 e. The fourth-order valence-corrected chi connectivity index (χ4v) is 11.4. The molecule has 0 saturated carbocycles. The predicted octanol–water partition coefficient (Wildman–Crippen LogP) is 8.29. The van der Waals surface area contributed by atoms with Crippen molar-refractivity contribution in [2.45, 2.75) is 96.3 Å². The molecule has 7 heterocycles. The molecule has 414 valence electrons. The smallest absolute Gasteiger partial charge is 0.319 e. The molecule has 0 aliphatic carbocycles. The van der Waals surface area contributed by atoms with E-state index in [-0.39, 0.29) is 67.3 Å². The molecule has 3 saturated heterocycles. The zero-order chi connectivity index (χ0) is 55.8. The highest BCUT2D eigenvalue weighted by molar-refractivity contribution is 6.04. The van der Waals surface area contributed by atoms with Crippen molar-refractivity contribution in [3.8, 4) is 51.2 Å². The van der Waals surface area contributed by atoms with Crippen LogP contribution in [0, 0.1) is 17.6 Å². The molecule has 4 aromatic carbocycles. The fourth-order valence-electron chi connectivity index (χ4n) is 11.4. The number of piperazine rings is 1. The van der Waals surface area contributed by atoms with Gasteiger partial charge in [0.15, 0.2) is 5.75 Å². The van der Waals surface area contributed by atoms with Gasteiger partial charge in [0, 0.05) is 67.9 Å². The number of nitrogens with one attached hydrogen (secondary N) is 2. The third-order valence-corrected chi connectivity index (χ3v) is 15.6. The Morgan fingerprint density at radius 2 is 1.74 bits per heavy atom. The molecule has 8 aromatic rings. The second-order valence-electron chi connectivity index (χ2n) is 21.2. The van der Waals surface area contributed by atoms with Crippen molar-refractivity contribution in [3.63, 3.8) is 0 Å². The van der Waals surface area contributed by atoms with Gasteiger partial charge in [-0.3, -0.25) is 19.6 Å². The highest BCUT2D eigenvalue weighted by Gasteiger charge is 2.41. The third-order valence-electron chi connectivity index (χ3n) is 15.6. The number of carbonyl (C=O) groups is 2. The van der Waals surface area contributed by atoms with Gasteiger partial charge in [0.25, 0.3) is 0 Å². The number of phenols is 1. The molecule has 11 rings (SSSR count). The first-order valence-electron chi connectivity index (χ1n) is 27.2. The number of nitrogens with zero attached hydrogens (tertiary/aromatic N) is 9. The zero-order valence-electron chi connectivity index (χ0n) is 45.1. The van der Waals surface area contributed by atoms with Crippen molar-refractivity contribution in [1.82, 2.24) is 50.5 Å². The molecule has 5 unspecified atom stereocenters. The number of rotatable bonds is 19. The van der Waals surface area contributed by atoms with Crippen LogP contribution in [-0.4, -0.2) is 126 Å². The molecule has 0 spiro atoms. The SMILES string of the molecule is CCc1c(F)ccc2cc(O)cc(-c3ncc4c(N5CC6CC5CN6)nc(OC[C@H](C)OC)nc4c3OCc3ccc(-c4cn(C(C(=O)N5CCCC5C(=O)NC(CO)c5ccc(-c6ccncc6F)cc5)C(C)C)nn4)cc3)c12. The van der Waals surface area contributed by atoms with Gasteiger partial charge in [0.05, 0.1) is 36.5 Å². The van der Waals surface area contributed by atoms with Gasteiger partial charge in [-0.25, -0.2) is 13.5 Å². The number of aliphatic hydroxyl groups excluding tert-OH is 1. The van der Waals surface area contributed by atoms with E-state index in [9.17, 15) is 24.2 Å². The van der Waals surface area contributed by atoms with Gasteiger partial charge in [-0.2, -0.15) is 9.97 Å². The molecule has 6 atom stereocenters. The summed E-state index contributed by atoms with van der Waals surface area (Å²) < 4.78 is 50.2. The quantitative estimate of drug-likeness (QED) is 0.0599. The van der Waals surface area contributed by atoms with E-state index in [0.29, 0.717) is 104 Å². The molecule has 0 radical (unpaired) electrons. The molecule has 3 aliphatic rings. The van der Waals surface area contributed by atoms with E-state index in [2.05, 4.69) is 30.8 Å². The Labute approximate surface area is 461 Å². The van der Waals surface area contributed by atoms with Crippen LogP contribution in [0.4, 0.5) is 14.6 Å². The fraction of sp³-hybridized carbons (Fsp3) is 0.367. The van der Waals surface area contributed by atoms with Crippen LogP contribution in [-0.2, 0) is 27.4 Å². The Hall–Kier alpha value is -8.20. The topological polar surface area (TPSA) is 215 Å². The first-order valence-corrected chi connectivity index (χ1v) is 27.2. The number of halogens is 2. The van der Waals surface area contributed by atoms with Gasteiger partial charge in [-0.05, 0) is 95.8 Å². The Bertz CT molecular complexity index is 3590. The van der Waals surface area contributed by atoms with Crippen LogP contribution in [0.25, 0.3) is 55.3 Å². The van der Waals surface area contributed by atoms with Crippen LogP contribution < -0.4 is 25.0 Å².